The predicted octanol–water partition coefficient (Wildman–Crippen LogP) is 1.50. The molecule has 0 saturated carbocycles. The second kappa shape index (κ2) is 4.99. The van der Waals surface area contributed by atoms with Gasteiger partial charge >= 0.3 is 0 Å². The van der Waals surface area contributed by atoms with Gasteiger partial charge < -0.3 is 10.1 Å². The highest BCUT2D eigenvalue weighted by atomic mass is 35.5. The molecule has 0 aliphatic heterocycles. The van der Waals surface area contributed by atoms with Gasteiger partial charge in [-0.3, -0.25) is 0 Å². The summed E-state index contributed by atoms with van der Waals surface area (Å²) in [5, 5.41) is 3.45. The van der Waals surface area contributed by atoms with E-state index in [-0.39, 0.29) is 0 Å². The fourth-order valence-electron chi connectivity index (χ4n) is 0.874. The number of rotatable bonds is 4. The highest BCUT2D eigenvalue weighted by Gasteiger charge is 1.98. The molecule has 0 spiro atoms. The lowest BCUT2D eigenvalue weighted by Crippen LogP contribution is -2.10. The van der Waals surface area contributed by atoms with Gasteiger partial charge in [-0.05, 0) is 13.0 Å². The van der Waals surface area contributed by atoms with Crippen molar-refractivity contribution >= 4 is 17.5 Å². The van der Waals surface area contributed by atoms with Crippen LogP contribution in [0.1, 0.15) is 5.69 Å². The number of halogens is 1. The monoisotopic (exact) mass is 201 g/mol. The van der Waals surface area contributed by atoms with E-state index in [2.05, 4.69) is 15.3 Å². The number of hydrogen-bond donors (Lipinski definition) is 1. The molecule has 72 valence electrons. The largest absolute Gasteiger partial charge is 0.383 e. The van der Waals surface area contributed by atoms with Crippen LogP contribution in [0.15, 0.2) is 6.07 Å². The second-order valence-corrected chi connectivity index (χ2v) is 2.96. The lowest BCUT2D eigenvalue weighted by molar-refractivity contribution is 0.210. The Morgan fingerprint density at radius 1 is 1.54 bits per heavy atom. The molecule has 0 radical (unpaired) electrons. The summed E-state index contributed by atoms with van der Waals surface area (Å²) in [6, 6.07) is 1.71. The van der Waals surface area contributed by atoms with Crippen molar-refractivity contribution in [1.82, 2.24) is 9.97 Å². The zero-order chi connectivity index (χ0) is 9.68. The van der Waals surface area contributed by atoms with Crippen molar-refractivity contribution in [2.75, 3.05) is 25.6 Å². The van der Waals surface area contributed by atoms with Gasteiger partial charge in [-0.1, -0.05) is 11.6 Å². The Morgan fingerprint density at radius 3 is 2.92 bits per heavy atom. The Kier molecular flexibility index (Phi) is 3.92. The number of ether oxygens (including phenoxy) is 1. The van der Waals surface area contributed by atoms with Gasteiger partial charge in [0, 0.05) is 19.3 Å². The summed E-state index contributed by atoms with van der Waals surface area (Å²) in [5.41, 5.74) is 0.847. The second-order valence-electron chi connectivity index (χ2n) is 2.58. The molecule has 0 aliphatic rings. The molecule has 0 unspecified atom stereocenters. The van der Waals surface area contributed by atoms with E-state index in [1.807, 2.05) is 6.92 Å². The van der Waals surface area contributed by atoms with Gasteiger partial charge in [-0.25, -0.2) is 9.97 Å². The van der Waals surface area contributed by atoms with Crippen LogP contribution < -0.4 is 5.32 Å². The summed E-state index contributed by atoms with van der Waals surface area (Å²) in [6.45, 7) is 3.17. The van der Waals surface area contributed by atoms with Crippen molar-refractivity contribution in [1.29, 1.82) is 0 Å². The van der Waals surface area contributed by atoms with E-state index >= 15 is 0 Å². The summed E-state index contributed by atoms with van der Waals surface area (Å²) < 4.78 is 4.87. The third-order valence-corrected chi connectivity index (χ3v) is 1.61. The summed E-state index contributed by atoms with van der Waals surface area (Å²) in [4.78, 5) is 8.14. The lowest BCUT2D eigenvalue weighted by Gasteiger charge is -2.04. The number of methoxy groups -OCH3 is 1. The smallest absolute Gasteiger partial charge is 0.224 e. The van der Waals surface area contributed by atoms with Crippen LogP contribution in [0.5, 0.6) is 0 Å². The first kappa shape index (κ1) is 10.2. The summed E-state index contributed by atoms with van der Waals surface area (Å²) >= 11 is 5.74. The molecular weight excluding hydrogens is 190 g/mol. The molecule has 1 aromatic heterocycles. The van der Waals surface area contributed by atoms with Crippen molar-refractivity contribution in [2.45, 2.75) is 6.92 Å². The molecule has 4 nitrogen and oxygen atoms in total. The number of aryl methyl sites for hydroxylation is 1. The Balaban J connectivity index is 2.56. The zero-order valence-electron chi connectivity index (χ0n) is 7.67. The third kappa shape index (κ3) is 3.57. The maximum atomic E-state index is 5.74. The highest BCUT2D eigenvalue weighted by Crippen LogP contribution is 2.08. The fourth-order valence-corrected chi connectivity index (χ4v) is 1.11. The van der Waals surface area contributed by atoms with E-state index in [4.69, 9.17) is 16.3 Å². The summed E-state index contributed by atoms with van der Waals surface area (Å²) in [5.74, 6) is 0.544. The molecule has 1 N–H and O–H groups in total. The molecule has 0 aromatic carbocycles. The molecule has 0 saturated heterocycles. The van der Waals surface area contributed by atoms with Gasteiger partial charge in [0.05, 0.1) is 6.61 Å². The Hall–Kier alpha value is -0.870. The van der Waals surface area contributed by atoms with Crippen molar-refractivity contribution in [2.24, 2.45) is 0 Å². The first-order valence-electron chi connectivity index (χ1n) is 3.96. The normalized spacial score (nSPS) is 10.1. The van der Waals surface area contributed by atoms with E-state index in [0.29, 0.717) is 24.3 Å². The number of anilines is 1. The predicted molar refractivity (Wildman–Crippen MR) is 52.1 cm³/mol. The Labute approximate surface area is 82.3 Å². The van der Waals surface area contributed by atoms with E-state index in [1.165, 1.54) is 0 Å². The van der Waals surface area contributed by atoms with Crippen LogP contribution in [0.4, 0.5) is 5.95 Å². The third-order valence-electron chi connectivity index (χ3n) is 1.41. The van der Waals surface area contributed by atoms with Crippen LogP contribution in [0.2, 0.25) is 5.15 Å². The number of hydrogen-bond acceptors (Lipinski definition) is 4. The molecule has 5 heteroatoms. The average Bonchev–Trinajstić information content (AvgIpc) is 2.03. The Bertz CT molecular complexity index is 260. The molecule has 0 atom stereocenters. The van der Waals surface area contributed by atoms with Crippen LogP contribution in [0.3, 0.4) is 0 Å². The van der Waals surface area contributed by atoms with Gasteiger partial charge in [0.25, 0.3) is 0 Å². The van der Waals surface area contributed by atoms with Gasteiger partial charge in [-0.15, -0.1) is 0 Å². The minimum atomic E-state index is 0.451. The number of nitrogens with one attached hydrogen (secondary N) is 1. The first-order chi connectivity index (χ1) is 6.22. The van der Waals surface area contributed by atoms with Crippen molar-refractivity contribution in [3.8, 4) is 0 Å². The van der Waals surface area contributed by atoms with E-state index in [0.717, 1.165) is 5.69 Å². The number of aromatic nitrogens is 2. The topological polar surface area (TPSA) is 47.0 Å². The Morgan fingerprint density at radius 2 is 2.31 bits per heavy atom. The molecule has 13 heavy (non-hydrogen) atoms. The highest BCUT2D eigenvalue weighted by molar-refractivity contribution is 6.29. The molecular formula is C8H12ClN3O. The van der Waals surface area contributed by atoms with Crippen molar-refractivity contribution in [3.05, 3.63) is 16.9 Å². The molecule has 1 heterocycles. The van der Waals surface area contributed by atoms with Crippen LogP contribution in [0, 0.1) is 6.92 Å². The van der Waals surface area contributed by atoms with E-state index in [9.17, 15) is 0 Å². The minimum Gasteiger partial charge on any atom is -0.383 e. The van der Waals surface area contributed by atoms with E-state index in [1.54, 1.807) is 13.2 Å². The summed E-state index contributed by atoms with van der Waals surface area (Å²) in [6.07, 6.45) is 0. The fraction of sp³-hybridized carbons (Fsp3) is 0.500. The zero-order valence-corrected chi connectivity index (χ0v) is 8.43. The van der Waals surface area contributed by atoms with Crippen LogP contribution in [0.25, 0.3) is 0 Å². The molecule has 0 aliphatic carbocycles. The van der Waals surface area contributed by atoms with Gasteiger partial charge in [-0.2, -0.15) is 0 Å². The summed E-state index contributed by atoms with van der Waals surface area (Å²) in [7, 11) is 1.64. The van der Waals surface area contributed by atoms with Gasteiger partial charge in [0.15, 0.2) is 0 Å². The SMILES string of the molecule is COCCNc1nc(C)cc(Cl)n1. The first-order valence-corrected chi connectivity index (χ1v) is 4.34. The quantitative estimate of drug-likeness (QED) is 0.593. The van der Waals surface area contributed by atoms with Crippen molar-refractivity contribution in [3.63, 3.8) is 0 Å². The molecule has 0 bridgehead atoms. The minimum absolute atomic E-state index is 0.451. The molecule has 1 aromatic rings. The average molecular weight is 202 g/mol. The van der Waals surface area contributed by atoms with E-state index < -0.39 is 0 Å². The lowest BCUT2D eigenvalue weighted by atomic mass is 10.5. The van der Waals surface area contributed by atoms with Crippen LogP contribution in [-0.4, -0.2) is 30.2 Å². The number of nitrogens with zero attached hydrogens (tertiary/aromatic N) is 2. The van der Waals surface area contributed by atoms with Gasteiger partial charge in [0.1, 0.15) is 5.15 Å². The maximum absolute atomic E-state index is 5.74. The molecule has 0 amide bonds. The molecule has 1 rings (SSSR count). The van der Waals surface area contributed by atoms with Crippen LogP contribution >= 0.6 is 11.6 Å². The maximum Gasteiger partial charge on any atom is 0.224 e. The standard InChI is InChI=1S/C8H12ClN3O/c1-6-5-7(9)12-8(11-6)10-3-4-13-2/h5H,3-4H2,1-2H3,(H,10,11,12). The van der Waals surface area contributed by atoms with Crippen molar-refractivity contribution < 1.29 is 4.74 Å². The molecule has 0 fully saturated rings. The van der Waals surface area contributed by atoms with Gasteiger partial charge in [0.2, 0.25) is 5.95 Å². The van der Waals surface area contributed by atoms with Crippen LogP contribution in [-0.2, 0) is 4.74 Å².